The van der Waals surface area contributed by atoms with E-state index in [9.17, 15) is 4.79 Å². The molecule has 0 saturated carbocycles. The minimum Gasteiger partial charge on any atom is -0.461 e. The van der Waals surface area contributed by atoms with E-state index < -0.39 is 0 Å². The molecule has 1 atom stereocenters. The maximum absolute atomic E-state index is 11.7. The lowest BCUT2D eigenvalue weighted by atomic mass is 10.2. The second-order valence-electron chi connectivity index (χ2n) is 4.21. The maximum atomic E-state index is 11.7. The molecule has 0 fully saturated rings. The molecule has 1 aromatic rings. The average molecular weight is 267 g/mol. The van der Waals surface area contributed by atoms with E-state index in [1.807, 2.05) is 37.3 Å². The zero-order valence-electron chi connectivity index (χ0n) is 10.8. The lowest BCUT2D eigenvalue weighted by Gasteiger charge is -2.11. The first-order valence-corrected chi connectivity index (χ1v) is 7.38. The van der Waals surface area contributed by atoms with Crippen molar-refractivity contribution in [3.05, 3.63) is 35.9 Å². The first kappa shape index (κ1) is 15.1. The largest absolute Gasteiger partial charge is 0.461 e. The first-order chi connectivity index (χ1) is 8.74. The molecule has 0 heterocycles. The quantitative estimate of drug-likeness (QED) is 0.580. The van der Waals surface area contributed by atoms with E-state index in [1.165, 1.54) is 0 Å². The highest BCUT2D eigenvalue weighted by Crippen LogP contribution is 2.12. The molecule has 100 valence electrons. The predicted octanol–water partition coefficient (Wildman–Crippen LogP) is 2.45. The minimum atomic E-state index is -0.126. The maximum Gasteiger partial charge on any atom is 0.309 e. The van der Waals surface area contributed by atoms with Gasteiger partial charge in [0.05, 0.1) is 5.92 Å². The van der Waals surface area contributed by atoms with Crippen molar-refractivity contribution >= 4 is 17.7 Å². The van der Waals surface area contributed by atoms with Crippen molar-refractivity contribution in [1.82, 2.24) is 0 Å². The van der Waals surface area contributed by atoms with Gasteiger partial charge in [0, 0.05) is 5.75 Å². The Morgan fingerprint density at radius 3 is 2.78 bits per heavy atom. The summed E-state index contributed by atoms with van der Waals surface area (Å²) < 4.78 is 5.27. The van der Waals surface area contributed by atoms with Crippen molar-refractivity contribution in [3.8, 4) is 0 Å². The second kappa shape index (κ2) is 9.00. The van der Waals surface area contributed by atoms with Gasteiger partial charge in [-0.1, -0.05) is 37.3 Å². The smallest absolute Gasteiger partial charge is 0.309 e. The van der Waals surface area contributed by atoms with Crippen molar-refractivity contribution in [2.24, 2.45) is 11.7 Å². The molecule has 1 rings (SSSR count). The van der Waals surface area contributed by atoms with E-state index in [0.29, 0.717) is 13.2 Å². The zero-order valence-corrected chi connectivity index (χ0v) is 11.6. The van der Waals surface area contributed by atoms with Crippen molar-refractivity contribution in [1.29, 1.82) is 0 Å². The highest BCUT2D eigenvalue weighted by Gasteiger charge is 2.14. The third-order valence-corrected chi connectivity index (χ3v) is 3.80. The van der Waals surface area contributed by atoms with E-state index >= 15 is 0 Å². The van der Waals surface area contributed by atoms with E-state index in [0.717, 1.165) is 23.5 Å². The molecule has 2 N–H and O–H groups in total. The molecule has 1 unspecified atom stereocenters. The van der Waals surface area contributed by atoms with Crippen molar-refractivity contribution in [2.75, 3.05) is 18.1 Å². The number of hydrogen-bond acceptors (Lipinski definition) is 4. The van der Waals surface area contributed by atoms with Gasteiger partial charge in [0.2, 0.25) is 0 Å². The topological polar surface area (TPSA) is 52.3 Å². The highest BCUT2D eigenvalue weighted by atomic mass is 32.2. The Morgan fingerprint density at radius 1 is 1.39 bits per heavy atom. The van der Waals surface area contributed by atoms with Gasteiger partial charge in [-0.2, -0.15) is 11.8 Å². The van der Waals surface area contributed by atoms with Gasteiger partial charge in [-0.25, -0.2) is 0 Å². The molecule has 4 heteroatoms. The molecule has 18 heavy (non-hydrogen) atoms. The molecule has 3 nitrogen and oxygen atoms in total. The van der Waals surface area contributed by atoms with Crippen molar-refractivity contribution in [3.63, 3.8) is 0 Å². The molecule has 0 saturated heterocycles. The van der Waals surface area contributed by atoms with Crippen LogP contribution in [0, 0.1) is 5.92 Å². The SMILES string of the molecule is CC(CSCCCN)C(=O)OCc1ccccc1. The summed E-state index contributed by atoms with van der Waals surface area (Å²) in [6, 6.07) is 9.73. The van der Waals surface area contributed by atoms with Gasteiger partial charge in [0.1, 0.15) is 6.61 Å². The molecule has 0 aromatic heterocycles. The van der Waals surface area contributed by atoms with Crippen molar-refractivity contribution in [2.45, 2.75) is 20.0 Å². The number of rotatable bonds is 8. The summed E-state index contributed by atoms with van der Waals surface area (Å²) in [5, 5.41) is 0. The van der Waals surface area contributed by atoms with Crippen LogP contribution < -0.4 is 5.73 Å². The van der Waals surface area contributed by atoms with Crippen LogP contribution in [-0.2, 0) is 16.1 Å². The van der Waals surface area contributed by atoms with Gasteiger partial charge in [-0.05, 0) is 24.3 Å². The number of ether oxygens (including phenoxy) is 1. The van der Waals surface area contributed by atoms with Crippen LogP contribution in [0.2, 0.25) is 0 Å². The van der Waals surface area contributed by atoms with Crippen LogP contribution in [0.4, 0.5) is 0 Å². The summed E-state index contributed by atoms with van der Waals surface area (Å²) in [6.45, 7) is 2.97. The summed E-state index contributed by atoms with van der Waals surface area (Å²) in [7, 11) is 0. The molecule has 0 aliphatic heterocycles. The number of esters is 1. The van der Waals surface area contributed by atoms with Crippen LogP contribution in [0.1, 0.15) is 18.9 Å². The zero-order chi connectivity index (χ0) is 13.2. The Balaban J connectivity index is 2.19. The van der Waals surface area contributed by atoms with Crippen LogP contribution in [0.3, 0.4) is 0 Å². The fourth-order valence-electron chi connectivity index (χ4n) is 1.38. The van der Waals surface area contributed by atoms with Gasteiger partial charge in [0.15, 0.2) is 0 Å². The first-order valence-electron chi connectivity index (χ1n) is 6.22. The van der Waals surface area contributed by atoms with Gasteiger partial charge in [-0.15, -0.1) is 0 Å². The monoisotopic (exact) mass is 267 g/mol. The molecular formula is C14H21NO2S. The van der Waals surface area contributed by atoms with Gasteiger partial charge in [-0.3, -0.25) is 4.79 Å². The van der Waals surface area contributed by atoms with Crippen LogP contribution in [0.25, 0.3) is 0 Å². The van der Waals surface area contributed by atoms with Gasteiger partial charge >= 0.3 is 5.97 Å². The highest BCUT2D eigenvalue weighted by molar-refractivity contribution is 7.99. The normalized spacial score (nSPS) is 12.1. The Kier molecular flexibility index (Phi) is 7.53. The van der Waals surface area contributed by atoms with E-state index in [1.54, 1.807) is 11.8 Å². The van der Waals surface area contributed by atoms with Gasteiger partial charge in [0.25, 0.3) is 0 Å². The Bertz CT molecular complexity index is 343. The summed E-state index contributed by atoms with van der Waals surface area (Å²) >= 11 is 1.76. The third kappa shape index (κ3) is 6.07. The second-order valence-corrected chi connectivity index (χ2v) is 5.36. The van der Waals surface area contributed by atoms with Crippen LogP contribution in [0.5, 0.6) is 0 Å². The minimum absolute atomic E-state index is 0.0588. The Hall–Kier alpha value is -1.00. The molecule has 0 amide bonds. The number of hydrogen-bond donors (Lipinski definition) is 1. The number of thioether (sulfide) groups is 1. The summed E-state index contributed by atoms with van der Waals surface area (Å²) in [4.78, 5) is 11.7. The standard InChI is InChI=1S/C14H21NO2S/c1-12(11-18-9-5-8-15)14(16)17-10-13-6-3-2-4-7-13/h2-4,6-7,12H,5,8-11,15H2,1H3. The van der Waals surface area contributed by atoms with Crippen molar-refractivity contribution < 1.29 is 9.53 Å². The van der Waals surface area contributed by atoms with E-state index in [-0.39, 0.29) is 11.9 Å². The molecule has 0 radical (unpaired) electrons. The number of carbonyl (C=O) groups excluding carboxylic acids is 1. The third-order valence-electron chi connectivity index (χ3n) is 2.49. The number of carbonyl (C=O) groups is 1. The molecule has 0 aliphatic rings. The predicted molar refractivity (Wildman–Crippen MR) is 76.4 cm³/mol. The Morgan fingerprint density at radius 2 is 2.11 bits per heavy atom. The lowest BCUT2D eigenvalue weighted by molar-refractivity contribution is -0.148. The fraction of sp³-hybridized carbons (Fsp3) is 0.500. The number of nitrogens with two attached hydrogens (primary N) is 1. The average Bonchev–Trinajstić information content (AvgIpc) is 2.42. The Labute approximate surface area is 113 Å². The lowest BCUT2D eigenvalue weighted by Crippen LogP contribution is -2.17. The molecule has 0 aliphatic carbocycles. The summed E-state index contributed by atoms with van der Waals surface area (Å²) in [5.74, 6) is 1.62. The molecule has 0 bridgehead atoms. The molecular weight excluding hydrogens is 246 g/mol. The molecule has 0 spiro atoms. The van der Waals surface area contributed by atoms with Crippen LogP contribution in [0.15, 0.2) is 30.3 Å². The van der Waals surface area contributed by atoms with E-state index in [4.69, 9.17) is 10.5 Å². The summed E-state index contributed by atoms with van der Waals surface area (Å²) in [5.41, 5.74) is 6.43. The van der Waals surface area contributed by atoms with E-state index in [2.05, 4.69) is 0 Å². The summed E-state index contributed by atoms with van der Waals surface area (Å²) in [6.07, 6.45) is 0.996. The number of benzene rings is 1. The van der Waals surface area contributed by atoms with Gasteiger partial charge < -0.3 is 10.5 Å². The molecule has 1 aromatic carbocycles. The van der Waals surface area contributed by atoms with Crippen LogP contribution >= 0.6 is 11.8 Å². The fourth-order valence-corrected chi connectivity index (χ4v) is 2.41. The van der Waals surface area contributed by atoms with Crippen LogP contribution in [-0.4, -0.2) is 24.0 Å².